The highest BCUT2D eigenvalue weighted by atomic mass is 35.5. The molecule has 182 valence electrons. The molecule has 2 aliphatic rings. The highest BCUT2D eigenvalue weighted by Crippen LogP contribution is 2.62. The lowest BCUT2D eigenvalue weighted by Gasteiger charge is -2.15. The van der Waals surface area contributed by atoms with Crippen molar-refractivity contribution in [2.24, 2.45) is 11.8 Å². The van der Waals surface area contributed by atoms with E-state index in [-0.39, 0.29) is 52.2 Å². The van der Waals surface area contributed by atoms with Gasteiger partial charge >= 0.3 is 12.1 Å². The van der Waals surface area contributed by atoms with Crippen LogP contribution in [-0.4, -0.2) is 17.6 Å². The first-order chi connectivity index (χ1) is 16.7. The minimum atomic E-state index is -4.65. The Labute approximate surface area is 203 Å². The van der Waals surface area contributed by atoms with Crippen LogP contribution in [0.4, 0.5) is 17.6 Å². The molecule has 3 atom stereocenters. The SMILES string of the molecule is CCOC(=O)[C@H]1[C@@H]2Cc3cc(OCc4cc(-c5cnc(Cl)cc5C(F)(F)F)ccc4F)ccc3[C@@H]21. The number of carbonyl (C=O) groups excluding carboxylic acids is 1. The number of hydrogen-bond donors (Lipinski definition) is 0. The molecule has 0 unspecified atom stereocenters. The summed E-state index contributed by atoms with van der Waals surface area (Å²) < 4.78 is 65.9. The van der Waals surface area contributed by atoms with E-state index in [0.717, 1.165) is 35.9 Å². The zero-order valence-corrected chi connectivity index (χ0v) is 19.3. The molecule has 9 heteroatoms. The van der Waals surface area contributed by atoms with E-state index in [1.807, 2.05) is 12.1 Å². The van der Waals surface area contributed by atoms with Gasteiger partial charge in [0.15, 0.2) is 0 Å². The number of pyridine rings is 1. The smallest absolute Gasteiger partial charge is 0.417 e. The Morgan fingerprint density at radius 2 is 1.97 bits per heavy atom. The number of nitrogens with zero attached hydrogens (tertiary/aromatic N) is 1. The monoisotopic (exact) mass is 505 g/mol. The second-order valence-electron chi connectivity index (χ2n) is 8.68. The summed E-state index contributed by atoms with van der Waals surface area (Å²) in [6, 6.07) is 9.98. The maximum absolute atomic E-state index is 14.5. The summed E-state index contributed by atoms with van der Waals surface area (Å²) >= 11 is 5.66. The van der Waals surface area contributed by atoms with Crippen molar-refractivity contribution in [3.8, 4) is 16.9 Å². The summed E-state index contributed by atoms with van der Waals surface area (Å²) in [5, 5.41) is -0.283. The molecule has 0 amide bonds. The molecule has 0 spiro atoms. The summed E-state index contributed by atoms with van der Waals surface area (Å²) in [5.74, 6) is 0.0891. The van der Waals surface area contributed by atoms with Gasteiger partial charge in [-0.25, -0.2) is 9.37 Å². The molecule has 1 fully saturated rings. The summed E-state index contributed by atoms with van der Waals surface area (Å²) in [6.07, 6.45) is -2.88. The number of carbonyl (C=O) groups is 1. The number of halogens is 5. The fourth-order valence-electron chi connectivity index (χ4n) is 4.95. The highest BCUT2D eigenvalue weighted by Gasteiger charge is 2.60. The van der Waals surface area contributed by atoms with Gasteiger partial charge in [-0.1, -0.05) is 23.7 Å². The number of fused-ring (bicyclic) bond motifs is 3. The normalized spacial score (nSPS) is 20.2. The Balaban J connectivity index is 1.33. The van der Waals surface area contributed by atoms with Crippen molar-refractivity contribution in [2.75, 3.05) is 6.61 Å². The van der Waals surface area contributed by atoms with Crippen LogP contribution >= 0.6 is 11.6 Å². The van der Waals surface area contributed by atoms with Crippen LogP contribution < -0.4 is 4.74 Å². The fourth-order valence-corrected chi connectivity index (χ4v) is 5.11. The van der Waals surface area contributed by atoms with Gasteiger partial charge in [-0.15, -0.1) is 0 Å². The molecule has 0 N–H and O–H groups in total. The van der Waals surface area contributed by atoms with E-state index in [9.17, 15) is 22.4 Å². The first-order valence-electron chi connectivity index (χ1n) is 11.1. The van der Waals surface area contributed by atoms with Crippen LogP contribution in [0.5, 0.6) is 5.75 Å². The van der Waals surface area contributed by atoms with Crippen molar-refractivity contribution in [1.29, 1.82) is 0 Å². The lowest BCUT2D eigenvalue weighted by molar-refractivity contribution is -0.145. The van der Waals surface area contributed by atoms with Gasteiger partial charge in [0.05, 0.1) is 18.1 Å². The molecule has 1 aromatic heterocycles. The average Bonchev–Trinajstić information content (AvgIpc) is 3.40. The molecule has 0 radical (unpaired) electrons. The Bertz CT molecular complexity index is 1310. The van der Waals surface area contributed by atoms with Crippen LogP contribution in [0.2, 0.25) is 5.15 Å². The predicted molar refractivity (Wildman–Crippen MR) is 120 cm³/mol. The van der Waals surface area contributed by atoms with E-state index >= 15 is 0 Å². The maximum Gasteiger partial charge on any atom is 0.417 e. The zero-order valence-electron chi connectivity index (χ0n) is 18.5. The van der Waals surface area contributed by atoms with E-state index < -0.39 is 17.6 Å². The molecule has 2 aliphatic carbocycles. The first-order valence-corrected chi connectivity index (χ1v) is 11.5. The van der Waals surface area contributed by atoms with Crippen LogP contribution in [-0.2, 0) is 28.7 Å². The lowest BCUT2D eigenvalue weighted by Crippen LogP contribution is -2.11. The number of alkyl halides is 3. The van der Waals surface area contributed by atoms with Crippen molar-refractivity contribution in [1.82, 2.24) is 4.98 Å². The van der Waals surface area contributed by atoms with Crippen molar-refractivity contribution >= 4 is 17.6 Å². The topological polar surface area (TPSA) is 48.4 Å². The molecule has 0 bridgehead atoms. The Kier molecular flexibility index (Phi) is 5.95. The van der Waals surface area contributed by atoms with Gasteiger partial charge in [-0.05, 0) is 66.3 Å². The number of benzene rings is 2. The first kappa shape index (κ1) is 23.6. The number of hydrogen-bond acceptors (Lipinski definition) is 4. The van der Waals surface area contributed by atoms with E-state index in [4.69, 9.17) is 21.1 Å². The van der Waals surface area contributed by atoms with E-state index in [1.165, 1.54) is 12.1 Å². The van der Waals surface area contributed by atoms with Crippen molar-refractivity contribution in [3.63, 3.8) is 0 Å². The predicted octanol–water partition coefficient (Wildman–Crippen LogP) is 6.59. The minimum Gasteiger partial charge on any atom is -0.489 e. The van der Waals surface area contributed by atoms with Crippen molar-refractivity contribution in [2.45, 2.75) is 32.0 Å². The molecule has 5 rings (SSSR count). The van der Waals surface area contributed by atoms with Gasteiger partial charge in [0.25, 0.3) is 0 Å². The molecule has 1 heterocycles. The summed E-state index contributed by atoms with van der Waals surface area (Å²) in [6.45, 7) is 1.98. The molecular formula is C26H20ClF4NO3. The Hall–Kier alpha value is -3.13. The molecule has 1 saturated carbocycles. The van der Waals surface area contributed by atoms with Gasteiger partial charge in [-0.2, -0.15) is 13.2 Å². The molecule has 2 aromatic carbocycles. The van der Waals surface area contributed by atoms with Crippen molar-refractivity contribution in [3.05, 3.63) is 81.9 Å². The molecule has 3 aromatic rings. The second kappa shape index (κ2) is 8.82. The number of aromatic nitrogens is 1. The molecular weight excluding hydrogens is 486 g/mol. The third kappa shape index (κ3) is 4.47. The molecule has 0 aliphatic heterocycles. The van der Waals surface area contributed by atoms with E-state index in [1.54, 1.807) is 13.0 Å². The third-order valence-corrected chi connectivity index (χ3v) is 6.79. The lowest BCUT2D eigenvalue weighted by atomic mass is 9.99. The highest BCUT2D eigenvalue weighted by molar-refractivity contribution is 6.29. The minimum absolute atomic E-state index is 0.0880. The van der Waals surface area contributed by atoms with Gasteiger partial charge < -0.3 is 9.47 Å². The Morgan fingerprint density at radius 1 is 1.17 bits per heavy atom. The fraction of sp³-hybridized carbons (Fsp3) is 0.308. The Morgan fingerprint density at radius 3 is 2.71 bits per heavy atom. The van der Waals surface area contributed by atoms with Crippen LogP contribution in [0, 0.1) is 17.7 Å². The van der Waals surface area contributed by atoms with Crippen molar-refractivity contribution < 1.29 is 31.8 Å². The number of rotatable bonds is 6. The number of esters is 1. The van der Waals surface area contributed by atoms with E-state index in [0.29, 0.717) is 12.4 Å². The van der Waals surface area contributed by atoms with E-state index in [2.05, 4.69) is 4.98 Å². The van der Waals surface area contributed by atoms with Crippen LogP contribution in [0.1, 0.15) is 35.1 Å². The maximum atomic E-state index is 14.5. The van der Waals surface area contributed by atoms with Crippen LogP contribution in [0.3, 0.4) is 0 Å². The summed E-state index contributed by atoms with van der Waals surface area (Å²) in [7, 11) is 0. The van der Waals surface area contributed by atoms with Gasteiger partial charge in [0.2, 0.25) is 0 Å². The van der Waals surface area contributed by atoms with Gasteiger partial charge in [0.1, 0.15) is 23.3 Å². The standard InChI is InChI=1S/C26H20ClF4NO3/c1-2-34-25(33)24-18-9-14-8-16(4-5-17(14)23(18)24)35-12-15-7-13(3-6-21(15)28)19-11-32-22(27)10-20(19)26(29,30)31/h3-8,10-11,18,23-24H,2,9,12H2,1H3/t18-,23+,24+/m1/s1. The van der Waals surface area contributed by atoms with Crippen LogP contribution in [0.15, 0.2) is 48.7 Å². The largest absolute Gasteiger partial charge is 0.489 e. The number of ether oxygens (including phenoxy) is 2. The summed E-state index contributed by atoms with van der Waals surface area (Å²) in [5.41, 5.74) is 1.29. The zero-order chi connectivity index (χ0) is 24.9. The average molecular weight is 506 g/mol. The summed E-state index contributed by atoms with van der Waals surface area (Å²) in [4.78, 5) is 15.8. The second-order valence-corrected chi connectivity index (χ2v) is 9.06. The molecule has 4 nitrogen and oxygen atoms in total. The van der Waals surface area contributed by atoms with Gasteiger partial charge in [0, 0.05) is 23.2 Å². The van der Waals surface area contributed by atoms with Gasteiger partial charge in [-0.3, -0.25) is 4.79 Å². The quantitative estimate of drug-likeness (QED) is 0.215. The molecule has 0 saturated heterocycles. The third-order valence-electron chi connectivity index (χ3n) is 6.58. The molecule has 35 heavy (non-hydrogen) atoms. The van der Waals surface area contributed by atoms with Crippen LogP contribution in [0.25, 0.3) is 11.1 Å².